The zero-order valence-corrected chi connectivity index (χ0v) is 32.3. The van der Waals surface area contributed by atoms with Crippen molar-refractivity contribution in [3.8, 4) is 0 Å². The minimum atomic E-state index is -0.723. The molecule has 0 aliphatic rings. The lowest BCUT2D eigenvalue weighted by Crippen LogP contribution is -2.41. The van der Waals surface area contributed by atoms with E-state index in [0.717, 1.165) is 43.2 Å². The number of unbranched alkanes of at least 4 members (excludes halogenated alkanes) is 14. The molecule has 0 saturated carbocycles. The fourth-order valence-electron chi connectivity index (χ4n) is 5.81. The summed E-state index contributed by atoms with van der Waals surface area (Å²) in [7, 11) is 0. The molecule has 2 N–H and O–H groups in total. The number of alkyl carbamates (subject to hydrolysis) is 1. The van der Waals surface area contributed by atoms with Crippen LogP contribution in [-0.2, 0) is 41.8 Å². The van der Waals surface area contributed by atoms with Gasteiger partial charge in [0.05, 0.1) is 0 Å². The number of benzene rings is 2. The summed E-state index contributed by atoms with van der Waals surface area (Å²) in [5, 5.41) is 5.64. The molecule has 2 rings (SSSR count). The number of nitrogens with one attached hydrogen (secondary N) is 2. The van der Waals surface area contributed by atoms with Gasteiger partial charge < -0.3 is 24.8 Å². The maximum absolute atomic E-state index is 12.9. The SMILES string of the molecule is CC(C)(C)OC(=O)NCCCCC(NC(=O)CCCCCCCCCCCCCCCCC(=O)OCc1ccccc1)C(=O)OCc1ccccc1. The predicted molar refractivity (Wildman–Crippen MR) is 206 cm³/mol. The normalized spacial score (nSPS) is 11.8. The van der Waals surface area contributed by atoms with Gasteiger partial charge in [-0.1, -0.05) is 138 Å². The zero-order valence-electron chi connectivity index (χ0n) is 32.3. The number of amides is 2. The molecule has 52 heavy (non-hydrogen) atoms. The van der Waals surface area contributed by atoms with Crippen LogP contribution in [0.1, 0.15) is 154 Å². The Bertz CT molecular complexity index is 1250. The van der Waals surface area contributed by atoms with Gasteiger partial charge in [0.25, 0.3) is 0 Å². The highest BCUT2D eigenvalue weighted by Crippen LogP contribution is 2.15. The molecule has 9 heteroatoms. The summed E-state index contributed by atoms with van der Waals surface area (Å²) >= 11 is 0. The molecule has 1 atom stereocenters. The lowest BCUT2D eigenvalue weighted by atomic mass is 10.0. The van der Waals surface area contributed by atoms with Crippen molar-refractivity contribution in [3.05, 3.63) is 71.8 Å². The lowest BCUT2D eigenvalue weighted by Gasteiger charge is -2.20. The van der Waals surface area contributed by atoms with Crippen molar-refractivity contribution in [1.82, 2.24) is 10.6 Å². The van der Waals surface area contributed by atoms with Crippen molar-refractivity contribution in [3.63, 3.8) is 0 Å². The van der Waals surface area contributed by atoms with E-state index in [1.807, 2.05) is 81.4 Å². The summed E-state index contributed by atoms with van der Waals surface area (Å²) in [6, 6.07) is 18.6. The third-order valence-electron chi connectivity index (χ3n) is 8.71. The molecular weight excluding hydrogens is 656 g/mol. The largest absolute Gasteiger partial charge is 0.461 e. The van der Waals surface area contributed by atoms with Gasteiger partial charge >= 0.3 is 18.0 Å². The molecular formula is C43H66N2O7. The van der Waals surface area contributed by atoms with Crippen molar-refractivity contribution in [2.75, 3.05) is 6.54 Å². The molecule has 2 aromatic rings. The fraction of sp³-hybridized carbons (Fsp3) is 0.628. The van der Waals surface area contributed by atoms with Gasteiger partial charge in [-0.3, -0.25) is 9.59 Å². The molecule has 0 saturated heterocycles. The first-order valence-corrected chi connectivity index (χ1v) is 19.8. The molecule has 0 heterocycles. The zero-order chi connectivity index (χ0) is 37.7. The van der Waals surface area contributed by atoms with Gasteiger partial charge in [0.2, 0.25) is 5.91 Å². The first kappa shape index (κ1) is 44.3. The van der Waals surface area contributed by atoms with Gasteiger partial charge in [-0.15, -0.1) is 0 Å². The molecule has 2 aromatic carbocycles. The van der Waals surface area contributed by atoms with Crippen LogP contribution in [0.3, 0.4) is 0 Å². The average molecular weight is 723 g/mol. The molecule has 0 aliphatic heterocycles. The van der Waals surface area contributed by atoms with Crippen LogP contribution in [0.4, 0.5) is 4.79 Å². The predicted octanol–water partition coefficient (Wildman–Crippen LogP) is 9.89. The smallest absolute Gasteiger partial charge is 0.407 e. The summed E-state index contributed by atoms with van der Waals surface area (Å²) in [5.74, 6) is -0.673. The lowest BCUT2D eigenvalue weighted by molar-refractivity contribution is -0.149. The second-order valence-corrected chi connectivity index (χ2v) is 14.7. The Morgan fingerprint density at radius 3 is 1.54 bits per heavy atom. The summed E-state index contributed by atoms with van der Waals surface area (Å²) in [6.07, 6.45) is 18.2. The molecule has 2 amide bonds. The molecule has 0 radical (unpaired) electrons. The highest BCUT2D eigenvalue weighted by atomic mass is 16.6. The van der Waals surface area contributed by atoms with E-state index in [-0.39, 0.29) is 18.5 Å². The Balaban J connectivity index is 1.47. The number of hydrogen-bond acceptors (Lipinski definition) is 7. The van der Waals surface area contributed by atoms with Crippen LogP contribution in [0.25, 0.3) is 0 Å². The number of esters is 2. The standard InChI is InChI=1S/C43H66N2O7/c1-43(2,3)52-42(49)44-33-25-24-30-38(41(48)51-35-37-28-20-17-21-29-37)45-39(46)31-22-14-12-10-8-6-4-5-7-9-11-13-15-23-32-40(47)50-34-36-26-18-16-19-27-36/h16-21,26-29,38H,4-15,22-25,30-35H2,1-3H3,(H,44,49)(H,45,46). The van der Waals surface area contributed by atoms with Gasteiger partial charge in [0, 0.05) is 19.4 Å². The van der Waals surface area contributed by atoms with E-state index in [1.165, 1.54) is 57.8 Å². The summed E-state index contributed by atoms with van der Waals surface area (Å²) in [6.45, 7) is 6.38. The highest BCUT2D eigenvalue weighted by molar-refractivity contribution is 5.84. The molecule has 0 fully saturated rings. The third kappa shape index (κ3) is 24.3. The quantitative estimate of drug-likeness (QED) is 0.0510. The topological polar surface area (TPSA) is 120 Å². The van der Waals surface area contributed by atoms with Gasteiger partial charge in [-0.2, -0.15) is 0 Å². The molecule has 0 aromatic heterocycles. The summed E-state index contributed by atoms with van der Waals surface area (Å²) in [5.41, 5.74) is 1.35. The molecule has 0 bridgehead atoms. The molecule has 1 unspecified atom stereocenters. The third-order valence-corrected chi connectivity index (χ3v) is 8.71. The first-order chi connectivity index (χ1) is 25.1. The fourth-order valence-corrected chi connectivity index (χ4v) is 5.81. The summed E-state index contributed by atoms with van der Waals surface area (Å²) < 4.78 is 16.1. The van der Waals surface area contributed by atoms with E-state index in [0.29, 0.717) is 45.3 Å². The van der Waals surface area contributed by atoms with Crippen molar-refractivity contribution < 1.29 is 33.4 Å². The van der Waals surface area contributed by atoms with Crippen LogP contribution in [-0.4, -0.2) is 42.1 Å². The van der Waals surface area contributed by atoms with E-state index < -0.39 is 23.7 Å². The van der Waals surface area contributed by atoms with Crippen molar-refractivity contribution in [2.24, 2.45) is 0 Å². The van der Waals surface area contributed by atoms with Crippen LogP contribution < -0.4 is 10.6 Å². The Labute approximate surface area is 313 Å². The Morgan fingerprint density at radius 2 is 1.04 bits per heavy atom. The van der Waals surface area contributed by atoms with Crippen LogP contribution in [0, 0.1) is 0 Å². The minimum absolute atomic E-state index is 0.104. The number of carbonyl (C=O) groups is 4. The second-order valence-electron chi connectivity index (χ2n) is 14.7. The van der Waals surface area contributed by atoms with Crippen molar-refractivity contribution in [1.29, 1.82) is 0 Å². The van der Waals surface area contributed by atoms with Crippen molar-refractivity contribution >= 4 is 23.9 Å². The number of ether oxygens (including phenoxy) is 3. The van der Waals surface area contributed by atoms with E-state index in [9.17, 15) is 19.2 Å². The van der Waals surface area contributed by atoms with Gasteiger partial charge in [0.15, 0.2) is 0 Å². The number of hydrogen-bond donors (Lipinski definition) is 2. The van der Waals surface area contributed by atoms with Crippen molar-refractivity contribution in [2.45, 2.75) is 168 Å². The van der Waals surface area contributed by atoms with Crippen LogP contribution >= 0.6 is 0 Å². The van der Waals surface area contributed by atoms with E-state index in [2.05, 4.69) is 10.6 Å². The average Bonchev–Trinajstić information content (AvgIpc) is 3.12. The Morgan fingerprint density at radius 1 is 0.577 bits per heavy atom. The Kier molecular flexibility index (Phi) is 23.6. The van der Waals surface area contributed by atoms with Gasteiger partial charge in [-0.05, 0) is 64.0 Å². The number of rotatable bonds is 28. The van der Waals surface area contributed by atoms with Gasteiger partial charge in [-0.25, -0.2) is 9.59 Å². The van der Waals surface area contributed by atoms with Crippen LogP contribution in [0.5, 0.6) is 0 Å². The number of carbonyl (C=O) groups excluding carboxylic acids is 4. The van der Waals surface area contributed by atoms with Crippen LogP contribution in [0.2, 0.25) is 0 Å². The minimum Gasteiger partial charge on any atom is -0.461 e. The van der Waals surface area contributed by atoms with E-state index in [4.69, 9.17) is 14.2 Å². The molecule has 9 nitrogen and oxygen atoms in total. The maximum atomic E-state index is 12.9. The molecule has 0 aliphatic carbocycles. The second kappa shape index (κ2) is 27.7. The Hall–Kier alpha value is -3.88. The highest BCUT2D eigenvalue weighted by Gasteiger charge is 2.22. The molecule has 0 spiro atoms. The summed E-state index contributed by atoms with van der Waals surface area (Å²) in [4.78, 5) is 49.5. The van der Waals surface area contributed by atoms with E-state index >= 15 is 0 Å². The van der Waals surface area contributed by atoms with E-state index in [1.54, 1.807) is 0 Å². The maximum Gasteiger partial charge on any atom is 0.407 e. The van der Waals surface area contributed by atoms with Gasteiger partial charge in [0.1, 0.15) is 24.9 Å². The monoisotopic (exact) mass is 722 g/mol. The molecule has 290 valence electrons. The first-order valence-electron chi connectivity index (χ1n) is 19.8. The van der Waals surface area contributed by atoms with Crippen LogP contribution in [0.15, 0.2) is 60.7 Å².